The zero-order valence-corrected chi connectivity index (χ0v) is 11.2. The van der Waals surface area contributed by atoms with Crippen LogP contribution in [0.3, 0.4) is 0 Å². The van der Waals surface area contributed by atoms with Gasteiger partial charge >= 0.3 is 5.97 Å². The van der Waals surface area contributed by atoms with Crippen molar-refractivity contribution in [1.29, 1.82) is 0 Å². The third kappa shape index (κ3) is 2.31. The molecule has 0 saturated carbocycles. The van der Waals surface area contributed by atoms with Gasteiger partial charge in [-0.2, -0.15) is 0 Å². The normalized spacial score (nSPS) is 29.6. The molecule has 5 nitrogen and oxygen atoms in total. The number of carboxylic acids is 1. The van der Waals surface area contributed by atoms with Crippen molar-refractivity contribution in [2.75, 3.05) is 5.32 Å². The van der Waals surface area contributed by atoms with Crippen LogP contribution in [-0.4, -0.2) is 29.2 Å². The highest BCUT2D eigenvalue weighted by atomic mass is 19.1. The maximum atomic E-state index is 13.7. The number of hydrogen-bond acceptors (Lipinski definition) is 3. The number of aryl methyl sites for hydroxylation is 1. The van der Waals surface area contributed by atoms with E-state index in [4.69, 9.17) is 4.74 Å². The molecule has 0 radical (unpaired) electrons. The molecule has 0 aromatic heterocycles. The third-order valence-electron chi connectivity index (χ3n) is 3.87. The van der Waals surface area contributed by atoms with Gasteiger partial charge in [-0.1, -0.05) is 18.2 Å². The highest BCUT2D eigenvalue weighted by Crippen LogP contribution is 2.40. The molecule has 2 aliphatic heterocycles. The number of hydrogen-bond donors (Lipinski definition) is 2. The van der Waals surface area contributed by atoms with Gasteiger partial charge in [0.25, 0.3) is 0 Å². The lowest BCUT2D eigenvalue weighted by atomic mass is 9.82. The molecule has 3 rings (SSSR count). The van der Waals surface area contributed by atoms with Crippen molar-refractivity contribution >= 4 is 17.6 Å². The Morgan fingerprint density at radius 2 is 1.90 bits per heavy atom. The number of anilines is 1. The van der Waals surface area contributed by atoms with Gasteiger partial charge in [-0.05, 0) is 24.6 Å². The molecule has 2 aliphatic rings. The SMILES string of the molecule is Cc1ccc(F)c(NC(=O)[C@@H]2[C@@H](C(=O)O)[C@@H]3C=C[C@@H]2O3)c1. The lowest BCUT2D eigenvalue weighted by Gasteiger charge is -2.21. The van der Waals surface area contributed by atoms with Crippen LogP contribution in [0.15, 0.2) is 30.4 Å². The second-order valence-corrected chi connectivity index (χ2v) is 5.31. The Hall–Kier alpha value is -2.21. The summed E-state index contributed by atoms with van der Waals surface area (Å²) in [4.78, 5) is 23.6. The number of carbonyl (C=O) groups excluding carboxylic acids is 1. The summed E-state index contributed by atoms with van der Waals surface area (Å²) in [7, 11) is 0. The quantitative estimate of drug-likeness (QED) is 0.832. The first kappa shape index (κ1) is 13.8. The summed E-state index contributed by atoms with van der Waals surface area (Å²) in [5.41, 5.74) is 0.849. The Morgan fingerprint density at radius 3 is 2.57 bits per heavy atom. The molecule has 1 saturated heterocycles. The van der Waals surface area contributed by atoms with Crippen molar-refractivity contribution in [3.8, 4) is 0 Å². The van der Waals surface area contributed by atoms with E-state index in [2.05, 4.69) is 5.32 Å². The van der Waals surface area contributed by atoms with Crippen LogP contribution in [0.4, 0.5) is 10.1 Å². The van der Waals surface area contributed by atoms with Crippen molar-refractivity contribution < 1.29 is 23.8 Å². The van der Waals surface area contributed by atoms with Crippen LogP contribution in [0, 0.1) is 24.6 Å². The van der Waals surface area contributed by atoms with Crippen LogP contribution in [-0.2, 0) is 14.3 Å². The minimum atomic E-state index is -1.09. The number of fused-ring (bicyclic) bond motifs is 2. The Balaban J connectivity index is 1.83. The van der Waals surface area contributed by atoms with E-state index in [1.165, 1.54) is 12.1 Å². The van der Waals surface area contributed by atoms with E-state index in [0.29, 0.717) is 0 Å². The van der Waals surface area contributed by atoms with E-state index < -0.39 is 41.7 Å². The van der Waals surface area contributed by atoms with Gasteiger partial charge in [0.2, 0.25) is 5.91 Å². The summed E-state index contributed by atoms with van der Waals surface area (Å²) in [6, 6.07) is 4.36. The van der Waals surface area contributed by atoms with Gasteiger partial charge < -0.3 is 15.2 Å². The molecule has 1 aromatic rings. The van der Waals surface area contributed by atoms with Crippen LogP contribution < -0.4 is 5.32 Å². The average molecular weight is 291 g/mol. The highest BCUT2D eigenvalue weighted by molar-refractivity contribution is 5.96. The van der Waals surface area contributed by atoms with Gasteiger partial charge in [0, 0.05) is 0 Å². The van der Waals surface area contributed by atoms with Crippen molar-refractivity contribution in [2.45, 2.75) is 19.1 Å². The number of carbonyl (C=O) groups is 2. The first-order chi connectivity index (χ1) is 9.97. The minimum Gasteiger partial charge on any atom is -0.481 e. The van der Waals surface area contributed by atoms with Gasteiger partial charge in [0.1, 0.15) is 11.7 Å². The molecule has 1 fully saturated rings. The zero-order valence-electron chi connectivity index (χ0n) is 11.2. The maximum absolute atomic E-state index is 13.7. The highest BCUT2D eigenvalue weighted by Gasteiger charge is 2.53. The van der Waals surface area contributed by atoms with Crippen LogP contribution in [0.25, 0.3) is 0 Å². The molecule has 1 aromatic carbocycles. The standard InChI is InChI=1S/C15H14FNO4/c1-7-2-3-8(16)9(6-7)17-14(18)12-10-4-5-11(21-10)13(12)15(19)20/h2-6,10-13H,1H3,(H,17,18)(H,19,20)/t10-,11-,12-,13-/m0/s1. The summed E-state index contributed by atoms with van der Waals surface area (Å²) in [6.07, 6.45) is 2.18. The van der Waals surface area contributed by atoms with Crippen molar-refractivity contribution in [1.82, 2.24) is 0 Å². The molecule has 2 heterocycles. The number of rotatable bonds is 3. The summed E-state index contributed by atoms with van der Waals surface area (Å²) in [6.45, 7) is 1.78. The van der Waals surface area contributed by atoms with Crippen molar-refractivity contribution in [2.24, 2.45) is 11.8 Å². The van der Waals surface area contributed by atoms with Crippen molar-refractivity contribution in [3.63, 3.8) is 0 Å². The predicted molar refractivity (Wildman–Crippen MR) is 72.2 cm³/mol. The maximum Gasteiger partial charge on any atom is 0.310 e. The number of carboxylic acid groups (broad SMARTS) is 1. The lowest BCUT2D eigenvalue weighted by Crippen LogP contribution is -2.39. The first-order valence-electron chi connectivity index (χ1n) is 6.61. The number of ether oxygens (including phenoxy) is 1. The van der Waals surface area contributed by atoms with Crippen LogP contribution in [0.5, 0.6) is 0 Å². The van der Waals surface area contributed by atoms with E-state index in [-0.39, 0.29) is 5.69 Å². The molecule has 1 amide bonds. The summed E-state index contributed by atoms with van der Waals surface area (Å²) < 4.78 is 19.1. The summed E-state index contributed by atoms with van der Waals surface area (Å²) in [5, 5.41) is 11.7. The van der Waals surface area contributed by atoms with E-state index in [1.54, 1.807) is 25.1 Å². The van der Waals surface area contributed by atoms with Gasteiger partial charge in [0.05, 0.1) is 23.8 Å². The second kappa shape index (κ2) is 4.96. The van der Waals surface area contributed by atoms with Crippen LogP contribution >= 0.6 is 0 Å². The number of nitrogens with one attached hydrogen (secondary N) is 1. The smallest absolute Gasteiger partial charge is 0.310 e. The molecule has 110 valence electrons. The van der Waals surface area contributed by atoms with E-state index in [0.717, 1.165) is 5.56 Å². The summed E-state index contributed by atoms with van der Waals surface area (Å²) >= 11 is 0. The topological polar surface area (TPSA) is 75.6 Å². The number of benzene rings is 1. The van der Waals surface area contributed by atoms with Crippen LogP contribution in [0.1, 0.15) is 5.56 Å². The molecule has 0 aliphatic carbocycles. The fourth-order valence-electron chi connectivity index (χ4n) is 2.87. The Morgan fingerprint density at radius 1 is 1.24 bits per heavy atom. The second-order valence-electron chi connectivity index (χ2n) is 5.31. The van der Waals surface area contributed by atoms with E-state index in [9.17, 15) is 19.1 Å². The number of halogens is 1. The predicted octanol–water partition coefficient (Wildman–Crippen LogP) is 1.73. The Kier molecular flexibility index (Phi) is 3.25. The summed E-state index contributed by atoms with van der Waals surface area (Å²) in [5.74, 6) is -3.97. The third-order valence-corrected chi connectivity index (χ3v) is 3.87. The molecule has 21 heavy (non-hydrogen) atoms. The average Bonchev–Trinajstić information content (AvgIpc) is 3.03. The molecule has 6 heteroatoms. The molecular formula is C15H14FNO4. The van der Waals surface area contributed by atoms with E-state index >= 15 is 0 Å². The first-order valence-corrected chi connectivity index (χ1v) is 6.61. The number of amides is 1. The number of aliphatic carboxylic acids is 1. The van der Waals surface area contributed by atoms with Gasteiger partial charge in [-0.25, -0.2) is 4.39 Å². The molecule has 4 atom stereocenters. The fraction of sp³-hybridized carbons (Fsp3) is 0.333. The van der Waals surface area contributed by atoms with Crippen LogP contribution in [0.2, 0.25) is 0 Å². The van der Waals surface area contributed by atoms with E-state index in [1.807, 2.05) is 0 Å². The van der Waals surface area contributed by atoms with Gasteiger partial charge in [-0.3, -0.25) is 9.59 Å². The van der Waals surface area contributed by atoms with Crippen molar-refractivity contribution in [3.05, 3.63) is 41.7 Å². The van der Waals surface area contributed by atoms with Gasteiger partial charge in [0.15, 0.2) is 0 Å². The molecular weight excluding hydrogens is 277 g/mol. The molecule has 0 spiro atoms. The molecule has 0 unspecified atom stereocenters. The molecule has 2 bridgehead atoms. The van der Waals surface area contributed by atoms with Gasteiger partial charge in [-0.15, -0.1) is 0 Å². The lowest BCUT2D eigenvalue weighted by molar-refractivity contribution is -0.145. The monoisotopic (exact) mass is 291 g/mol. The molecule has 2 N–H and O–H groups in total. The zero-order chi connectivity index (χ0) is 15.1. The Labute approximate surface area is 120 Å². The Bertz CT molecular complexity index is 643. The minimum absolute atomic E-state index is 0.0518. The largest absolute Gasteiger partial charge is 0.481 e. The fourth-order valence-corrected chi connectivity index (χ4v) is 2.87.